The van der Waals surface area contributed by atoms with Crippen molar-refractivity contribution in [3.05, 3.63) is 60.2 Å². The number of hydrogen-bond acceptors (Lipinski definition) is 7. The van der Waals surface area contributed by atoms with Crippen molar-refractivity contribution >= 4 is 11.7 Å². The maximum Gasteiger partial charge on any atom is 0.261 e. The van der Waals surface area contributed by atoms with E-state index in [0.29, 0.717) is 43.2 Å². The first-order valence-electron chi connectivity index (χ1n) is 10.4. The number of ether oxygens (including phenoxy) is 3. The van der Waals surface area contributed by atoms with Gasteiger partial charge in [-0.15, -0.1) is 10.2 Å². The van der Waals surface area contributed by atoms with Crippen molar-refractivity contribution in [1.82, 2.24) is 15.1 Å². The molecule has 2 heterocycles. The molecule has 1 aliphatic heterocycles. The lowest BCUT2D eigenvalue weighted by Gasteiger charge is -2.35. The molecule has 8 heteroatoms. The van der Waals surface area contributed by atoms with Crippen LogP contribution in [0.1, 0.15) is 10.4 Å². The summed E-state index contributed by atoms with van der Waals surface area (Å²) >= 11 is 0. The number of carbonyl (C=O) groups is 1. The summed E-state index contributed by atoms with van der Waals surface area (Å²) in [5, 5.41) is 8.79. The van der Waals surface area contributed by atoms with Crippen molar-refractivity contribution < 1.29 is 19.0 Å². The van der Waals surface area contributed by atoms with E-state index in [1.807, 2.05) is 41.3 Å². The van der Waals surface area contributed by atoms with E-state index < -0.39 is 0 Å². The number of aromatic nitrogens is 2. The van der Waals surface area contributed by atoms with Gasteiger partial charge >= 0.3 is 0 Å². The van der Waals surface area contributed by atoms with Crippen LogP contribution in [0, 0.1) is 0 Å². The van der Waals surface area contributed by atoms with Gasteiger partial charge in [0.1, 0.15) is 22.8 Å². The van der Waals surface area contributed by atoms with Crippen molar-refractivity contribution in [2.24, 2.45) is 0 Å². The van der Waals surface area contributed by atoms with Gasteiger partial charge in [0, 0.05) is 31.7 Å². The van der Waals surface area contributed by atoms with Crippen molar-refractivity contribution in [2.45, 2.75) is 0 Å². The zero-order valence-corrected chi connectivity index (χ0v) is 18.4. The lowest BCUT2D eigenvalue weighted by molar-refractivity contribution is 0.0739. The standard InChI is InChI=1S/C24H26N4O4/c1-30-18-9-7-17(8-10-18)19-11-12-22(26-25-19)27-13-15-28(16-14-27)24(29)23-20(31-2)5-4-6-21(23)32-3/h4-12H,13-16H2,1-3H3. The quantitative estimate of drug-likeness (QED) is 0.590. The Kier molecular flexibility index (Phi) is 6.39. The van der Waals surface area contributed by atoms with Crippen LogP contribution in [0.25, 0.3) is 11.3 Å². The van der Waals surface area contributed by atoms with Crippen LogP contribution < -0.4 is 19.1 Å². The number of nitrogens with zero attached hydrogens (tertiary/aromatic N) is 4. The van der Waals surface area contributed by atoms with Gasteiger partial charge in [0.05, 0.1) is 27.0 Å². The summed E-state index contributed by atoms with van der Waals surface area (Å²) in [6.45, 7) is 2.48. The first-order chi connectivity index (χ1) is 15.6. The summed E-state index contributed by atoms with van der Waals surface area (Å²) in [4.78, 5) is 17.1. The third-order valence-electron chi connectivity index (χ3n) is 5.57. The molecule has 32 heavy (non-hydrogen) atoms. The number of hydrogen-bond donors (Lipinski definition) is 0. The molecule has 1 aromatic heterocycles. The van der Waals surface area contributed by atoms with E-state index in [0.717, 1.165) is 22.8 Å². The third kappa shape index (κ3) is 4.30. The molecule has 166 valence electrons. The molecule has 0 aliphatic carbocycles. The molecule has 0 atom stereocenters. The van der Waals surface area contributed by atoms with Crippen LogP contribution in [-0.4, -0.2) is 68.5 Å². The van der Waals surface area contributed by atoms with Crippen molar-refractivity contribution in [3.8, 4) is 28.5 Å². The number of rotatable bonds is 6. The fraction of sp³-hybridized carbons (Fsp3) is 0.292. The molecule has 1 saturated heterocycles. The summed E-state index contributed by atoms with van der Waals surface area (Å²) in [5.74, 6) is 2.52. The van der Waals surface area contributed by atoms with Crippen LogP contribution in [0.5, 0.6) is 17.2 Å². The molecule has 0 unspecified atom stereocenters. The maximum absolute atomic E-state index is 13.2. The second-order valence-corrected chi connectivity index (χ2v) is 7.32. The van der Waals surface area contributed by atoms with Crippen LogP contribution in [0.2, 0.25) is 0 Å². The Balaban J connectivity index is 1.42. The van der Waals surface area contributed by atoms with Gasteiger partial charge in [0.2, 0.25) is 0 Å². The summed E-state index contributed by atoms with van der Waals surface area (Å²) in [6, 6.07) is 17.0. The van der Waals surface area contributed by atoms with Gasteiger partial charge in [-0.1, -0.05) is 6.07 Å². The largest absolute Gasteiger partial charge is 0.497 e. The minimum atomic E-state index is -0.0973. The molecule has 0 saturated carbocycles. The molecular formula is C24H26N4O4. The fourth-order valence-corrected chi connectivity index (χ4v) is 3.77. The van der Waals surface area contributed by atoms with Gasteiger partial charge in [0.25, 0.3) is 5.91 Å². The Morgan fingerprint density at radius 2 is 1.44 bits per heavy atom. The van der Waals surface area contributed by atoms with E-state index in [1.54, 1.807) is 39.5 Å². The van der Waals surface area contributed by atoms with Crippen molar-refractivity contribution in [1.29, 1.82) is 0 Å². The minimum Gasteiger partial charge on any atom is -0.497 e. The van der Waals surface area contributed by atoms with Gasteiger partial charge in [-0.05, 0) is 48.5 Å². The summed E-state index contributed by atoms with van der Waals surface area (Å²) in [7, 11) is 4.75. The number of piperazine rings is 1. The topological polar surface area (TPSA) is 77.0 Å². The first kappa shape index (κ1) is 21.4. The van der Waals surface area contributed by atoms with Gasteiger partial charge in [-0.25, -0.2) is 0 Å². The highest BCUT2D eigenvalue weighted by Crippen LogP contribution is 2.30. The highest BCUT2D eigenvalue weighted by atomic mass is 16.5. The summed E-state index contributed by atoms with van der Waals surface area (Å²) in [6.07, 6.45) is 0. The molecule has 1 aliphatic rings. The predicted octanol–water partition coefficient (Wildman–Crippen LogP) is 3.13. The second-order valence-electron chi connectivity index (χ2n) is 7.32. The van der Waals surface area contributed by atoms with E-state index >= 15 is 0 Å². The van der Waals surface area contributed by atoms with E-state index in [4.69, 9.17) is 14.2 Å². The Bertz CT molecular complexity index is 1040. The first-order valence-corrected chi connectivity index (χ1v) is 10.4. The molecule has 0 bridgehead atoms. The normalized spacial score (nSPS) is 13.6. The Hall–Kier alpha value is -3.81. The molecule has 8 nitrogen and oxygen atoms in total. The highest BCUT2D eigenvalue weighted by Gasteiger charge is 2.27. The van der Waals surface area contributed by atoms with Gasteiger partial charge in [-0.3, -0.25) is 4.79 Å². The Labute approximate surface area is 187 Å². The molecule has 0 radical (unpaired) electrons. The highest BCUT2D eigenvalue weighted by molar-refractivity contribution is 5.99. The monoisotopic (exact) mass is 434 g/mol. The summed E-state index contributed by atoms with van der Waals surface area (Å²) in [5.41, 5.74) is 2.23. The SMILES string of the molecule is COc1ccc(-c2ccc(N3CCN(C(=O)c4c(OC)cccc4OC)CC3)nn2)cc1. The average Bonchev–Trinajstić information content (AvgIpc) is 2.88. The average molecular weight is 434 g/mol. The van der Waals surface area contributed by atoms with E-state index in [1.165, 1.54) is 0 Å². The molecule has 1 fully saturated rings. The molecule has 0 spiro atoms. The molecule has 3 aromatic rings. The lowest BCUT2D eigenvalue weighted by atomic mass is 10.1. The van der Waals surface area contributed by atoms with Crippen LogP contribution >= 0.6 is 0 Å². The van der Waals surface area contributed by atoms with E-state index in [9.17, 15) is 4.79 Å². The number of amides is 1. The van der Waals surface area contributed by atoms with Crippen LogP contribution in [0.4, 0.5) is 5.82 Å². The molecule has 4 rings (SSSR count). The number of benzene rings is 2. The second kappa shape index (κ2) is 9.55. The van der Waals surface area contributed by atoms with Crippen LogP contribution in [-0.2, 0) is 0 Å². The van der Waals surface area contributed by atoms with Crippen molar-refractivity contribution in [3.63, 3.8) is 0 Å². The molecular weight excluding hydrogens is 408 g/mol. The van der Waals surface area contributed by atoms with E-state index in [-0.39, 0.29) is 5.91 Å². The van der Waals surface area contributed by atoms with Gasteiger partial charge in [0.15, 0.2) is 5.82 Å². The predicted molar refractivity (Wildman–Crippen MR) is 122 cm³/mol. The Morgan fingerprint density at radius 3 is 1.97 bits per heavy atom. The maximum atomic E-state index is 13.2. The molecule has 2 aromatic carbocycles. The number of carbonyl (C=O) groups excluding carboxylic acids is 1. The molecule has 0 N–H and O–H groups in total. The zero-order chi connectivity index (χ0) is 22.5. The van der Waals surface area contributed by atoms with Crippen LogP contribution in [0.15, 0.2) is 54.6 Å². The number of anilines is 1. The lowest BCUT2D eigenvalue weighted by Crippen LogP contribution is -2.49. The van der Waals surface area contributed by atoms with Gasteiger partial charge in [-0.2, -0.15) is 0 Å². The summed E-state index contributed by atoms with van der Waals surface area (Å²) < 4.78 is 16.0. The third-order valence-corrected chi connectivity index (χ3v) is 5.57. The fourth-order valence-electron chi connectivity index (χ4n) is 3.77. The van der Waals surface area contributed by atoms with Crippen LogP contribution in [0.3, 0.4) is 0 Å². The Morgan fingerprint density at radius 1 is 0.781 bits per heavy atom. The number of methoxy groups -OCH3 is 3. The minimum absolute atomic E-state index is 0.0973. The van der Waals surface area contributed by atoms with Gasteiger partial charge < -0.3 is 24.0 Å². The van der Waals surface area contributed by atoms with Crippen molar-refractivity contribution in [2.75, 3.05) is 52.4 Å². The zero-order valence-electron chi connectivity index (χ0n) is 18.4. The van der Waals surface area contributed by atoms with E-state index in [2.05, 4.69) is 15.1 Å². The smallest absolute Gasteiger partial charge is 0.261 e. The molecule has 1 amide bonds.